The van der Waals surface area contributed by atoms with Gasteiger partial charge in [0.1, 0.15) is 4.70 Å². The number of thioether (sulfide) groups is 1. The van der Waals surface area contributed by atoms with Gasteiger partial charge in [-0.15, -0.1) is 0 Å². The van der Waals surface area contributed by atoms with E-state index in [1.807, 2.05) is 70.2 Å². The van der Waals surface area contributed by atoms with Crippen molar-refractivity contribution in [1.29, 1.82) is 0 Å². The first kappa shape index (κ1) is 33.6. The van der Waals surface area contributed by atoms with Crippen molar-refractivity contribution in [3.63, 3.8) is 0 Å². The highest BCUT2D eigenvalue weighted by atomic mass is 35.5. The van der Waals surface area contributed by atoms with Crippen LogP contribution in [-0.2, 0) is 26.8 Å². The van der Waals surface area contributed by atoms with Crippen LogP contribution in [0, 0.1) is 0 Å². The molecule has 2 aromatic carbocycles. The molecule has 2 N–H and O–H groups in total. The fourth-order valence-corrected chi connectivity index (χ4v) is 8.51. The Kier molecular flexibility index (Phi) is 10.7. The first-order chi connectivity index (χ1) is 21.4. The van der Waals surface area contributed by atoms with E-state index in [4.69, 9.17) is 23.2 Å². The van der Waals surface area contributed by atoms with Gasteiger partial charge in [-0.2, -0.15) is 21.4 Å². The number of hydrogen-bond acceptors (Lipinski definition) is 8. The molecule has 0 fully saturated rings. The highest BCUT2D eigenvalue weighted by molar-refractivity contribution is 8.03. The van der Waals surface area contributed by atoms with Crippen molar-refractivity contribution in [2.24, 2.45) is 0 Å². The Labute approximate surface area is 280 Å². The highest BCUT2D eigenvalue weighted by Gasteiger charge is 2.25. The summed E-state index contributed by atoms with van der Waals surface area (Å²) in [5, 5.41) is 2.90. The van der Waals surface area contributed by atoms with Gasteiger partial charge in [0.2, 0.25) is 5.52 Å². The second-order valence-corrected chi connectivity index (χ2v) is 16.2. The number of thiazole rings is 1. The second-order valence-electron chi connectivity index (χ2n) is 10.0. The maximum atomic E-state index is 11.4. The molecular weight excluding hydrogens is 698 g/mol. The zero-order valence-corrected chi connectivity index (χ0v) is 28.4. The molecule has 0 atom stereocenters. The number of nitrogens with zero attached hydrogens (tertiary/aromatic N) is 3. The lowest BCUT2D eigenvalue weighted by Gasteiger charge is -2.20. The van der Waals surface area contributed by atoms with Crippen LogP contribution < -0.4 is 9.47 Å². The lowest BCUT2D eigenvalue weighted by Crippen LogP contribution is -2.35. The average molecular weight is 726 g/mol. The van der Waals surface area contributed by atoms with Crippen LogP contribution in [-0.4, -0.2) is 49.0 Å². The molecule has 0 amide bonds. The molecule has 0 aliphatic carbocycles. The minimum absolute atomic E-state index is 0.229. The van der Waals surface area contributed by atoms with Gasteiger partial charge >= 0.3 is 0 Å². The summed E-state index contributed by atoms with van der Waals surface area (Å²) in [4.78, 5) is 7.08. The molecule has 0 bridgehead atoms. The van der Waals surface area contributed by atoms with Gasteiger partial charge in [0, 0.05) is 52.4 Å². The SMILES string of the molecule is O=S(=O)(O)CCCN1/C(=C/C=C(/C=C/c2sc3cc(Cl)ccc3[n+]2CCCS(=O)(=O)O)c2ccncc2)Sc2cc(Cl)ccc21. The van der Waals surface area contributed by atoms with Crippen LogP contribution in [0.25, 0.3) is 21.9 Å². The number of anilines is 1. The average Bonchev–Trinajstić information content (AvgIpc) is 3.48. The summed E-state index contributed by atoms with van der Waals surface area (Å²) in [7, 11) is -8.19. The Hall–Kier alpha value is -2.75. The topological polar surface area (TPSA) is 129 Å². The molecule has 0 saturated heterocycles. The third-order valence-corrected chi connectivity index (χ3v) is 11.1. The van der Waals surface area contributed by atoms with Gasteiger partial charge < -0.3 is 4.90 Å². The van der Waals surface area contributed by atoms with E-state index in [0.717, 1.165) is 42.0 Å². The molecule has 2 aromatic heterocycles. The minimum atomic E-state index is -4.09. The monoisotopic (exact) mass is 724 g/mol. The van der Waals surface area contributed by atoms with Crippen molar-refractivity contribution in [3.8, 4) is 0 Å². The molecule has 0 saturated carbocycles. The predicted octanol–water partition coefficient (Wildman–Crippen LogP) is 7.00. The van der Waals surface area contributed by atoms with Gasteiger partial charge in [0.25, 0.3) is 25.2 Å². The Bertz CT molecular complexity index is 2030. The maximum absolute atomic E-state index is 11.4. The summed E-state index contributed by atoms with van der Waals surface area (Å²) in [5.41, 5.74) is 3.56. The van der Waals surface area contributed by atoms with E-state index in [1.54, 1.807) is 24.5 Å². The van der Waals surface area contributed by atoms with Gasteiger partial charge in [-0.3, -0.25) is 14.1 Å². The number of halogens is 2. The lowest BCUT2D eigenvalue weighted by molar-refractivity contribution is -0.668. The largest absolute Gasteiger partial charge is 0.335 e. The first-order valence-electron chi connectivity index (χ1n) is 13.6. The molecular formula is C30H28Cl2N3O6S4+. The normalized spacial score (nSPS) is 15.1. The summed E-state index contributed by atoms with van der Waals surface area (Å²) in [6.45, 7) is 0.741. The van der Waals surface area contributed by atoms with E-state index in [9.17, 15) is 25.9 Å². The van der Waals surface area contributed by atoms with Crippen molar-refractivity contribution in [3.05, 3.63) is 105 Å². The van der Waals surface area contributed by atoms with Crippen LogP contribution in [0.15, 0.2) is 89.1 Å². The number of aromatic nitrogens is 2. The Morgan fingerprint density at radius 3 is 2.36 bits per heavy atom. The van der Waals surface area contributed by atoms with E-state index < -0.39 is 20.2 Å². The number of aryl methyl sites for hydroxylation is 1. The number of allylic oxidation sites excluding steroid dienone is 4. The molecule has 0 radical (unpaired) electrons. The first-order valence-corrected chi connectivity index (χ1v) is 19.2. The second kappa shape index (κ2) is 14.3. The molecule has 1 aliphatic heterocycles. The van der Waals surface area contributed by atoms with Crippen LogP contribution in [0.3, 0.4) is 0 Å². The molecule has 5 rings (SSSR count). The zero-order chi connectivity index (χ0) is 32.2. The molecule has 15 heteroatoms. The van der Waals surface area contributed by atoms with Crippen molar-refractivity contribution in [2.75, 3.05) is 23.0 Å². The van der Waals surface area contributed by atoms with E-state index in [0.29, 0.717) is 23.1 Å². The summed E-state index contributed by atoms with van der Waals surface area (Å²) >= 11 is 15.5. The van der Waals surface area contributed by atoms with Gasteiger partial charge in [0.05, 0.1) is 22.2 Å². The van der Waals surface area contributed by atoms with Crippen LogP contribution >= 0.6 is 46.3 Å². The Balaban J connectivity index is 1.51. The van der Waals surface area contributed by atoms with E-state index in [1.165, 1.54) is 23.1 Å². The lowest BCUT2D eigenvalue weighted by atomic mass is 10.1. The van der Waals surface area contributed by atoms with Crippen molar-refractivity contribution in [1.82, 2.24) is 4.98 Å². The van der Waals surface area contributed by atoms with E-state index in [2.05, 4.69) is 4.98 Å². The van der Waals surface area contributed by atoms with Gasteiger partial charge in [-0.1, -0.05) is 52.4 Å². The fraction of sp³-hybridized carbons (Fsp3) is 0.200. The minimum Gasteiger partial charge on any atom is -0.335 e. The Morgan fingerprint density at radius 2 is 1.62 bits per heavy atom. The van der Waals surface area contributed by atoms with E-state index >= 15 is 0 Å². The summed E-state index contributed by atoms with van der Waals surface area (Å²) in [6, 6.07) is 14.8. The van der Waals surface area contributed by atoms with Crippen LogP contribution in [0.2, 0.25) is 10.0 Å². The van der Waals surface area contributed by atoms with Crippen molar-refractivity contribution >= 4 is 94.1 Å². The van der Waals surface area contributed by atoms with Crippen molar-refractivity contribution < 1.29 is 30.5 Å². The molecule has 45 heavy (non-hydrogen) atoms. The quantitative estimate of drug-likeness (QED) is 0.0902. The third kappa shape index (κ3) is 9.17. The summed E-state index contributed by atoms with van der Waals surface area (Å²) < 4.78 is 66.9. The molecule has 1 aliphatic rings. The molecule has 3 heterocycles. The summed E-state index contributed by atoms with van der Waals surface area (Å²) in [5.74, 6) is -0.703. The smallest absolute Gasteiger partial charge is 0.265 e. The van der Waals surface area contributed by atoms with Crippen molar-refractivity contribution in [2.45, 2.75) is 24.3 Å². The Morgan fingerprint density at radius 1 is 0.933 bits per heavy atom. The number of rotatable bonds is 12. The van der Waals surface area contributed by atoms with Gasteiger partial charge in [-0.05, 0) is 72.2 Å². The predicted molar refractivity (Wildman–Crippen MR) is 183 cm³/mol. The molecule has 0 spiro atoms. The van der Waals surface area contributed by atoms with Gasteiger partial charge in [-0.25, -0.2) is 0 Å². The highest BCUT2D eigenvalue weighted by Crippen LogP contribution is 2.47. The van der Waals surface area contributed by atoms with Crippen LogP contribution in [0.1, 0.15) is 23.4 Å². The van der Waals surface area contributed by atoms with Gasteiger partial charge in [0.15, 0.2) is 6.54 Å². The number of fused-ring (bicyclic) bond motifs is 2. The van der Waals surface area contributed by atoms with Crippen LogP contribution in [0.4, 0.5) is 5.69 Å². The zero-order valence-electron chi connectivity index (χ0n) is 23.6. The molecule has 236 valence electrons. The third-order valence-electron chi connectivity index (χ3n) is 6.78. The standard InChI is InChI=1S/C30H27Cl2N3O6S4/c31-23-5-7-25-27(19-23)42-29(34(25)15-1-17-44(36,37)38)9-3-21(22-11-13-33-14-12-22)4-10-30-35(16-2-18-45(39,40)41)26-8-6-24(32)20-28(26)43-30/h3-14,19-20H,1-2,15-18H2,(H-,36,37,38,39,40,41)/p+1. The number of benzene rings is 2. The molecule has 0 unspecified atom stereocenters. The maximum Gasteiger partial charge on any atom is 0.265 e. The number of pyridine rings is 1. The van der Waals surface area contributed by atoms with E-state index in [-0.39, 0.29) is 24.3 Å². The number of hydrogen-bond donors (Lipinski definition) is 2. The van der Waals surface area contributed by atoms with Crippen LogP contribution in [0.5, 0.6) is 0 Å². The fourth-order valence-electron chi connectivity index (χ4n) is 4.79. The molecule has 4 aromatic rings. The summed E-state index contributed by atoms with van der Waals surface area (Å²) in [6.07, 6.45) is 11.7. The molecule has 9 nitrogen and oxygen atoms in total.